The molecule has 0 spiro atoms. The molecule has 1 amide bonds. The Morgan fingerprint density at radius 1 is 1.16 bits per heavy atom. The Balaban J connectivity index is 2.50. The standard InChI is InChI=1S/C12H19N3O3S/c1-14(2)19(17,18)13-9-12(16)15(3)10-11-7-5-4-6-8-11/h4-8,13H,9-10H2,1-3H3. The van der Waals surface area contributed by atoms with Gasteiger partial charge in [-0.2, -0.15) is 17.4 Å². The lowest BCUT2D eigenvalue weighted by Gasteiger charge is -2.18. The molecule has 7 heteroatoms. The second kappa shape index (κ2) is 6.65. The van der Waals surface area contributed by atoms with Gasteiger partial charge in [0.2, 0.25) is 5.91 Å². The minimum Gasteiger partial charge on any atom is -0.340 e. The van der Waals surface area contributed by atoms with E-state index in [4.69, 9.17) is 0 Å². The van der Waals surface area contributed by atoms with Gasteiger partial charge >= 0.3 is 0 Å². The molecule has 0 aliphatic carbocycles. The van der Waals surface area contributed by atoms with Crippen molar-refractivity contribution in [3.05, 3.63) is 35.9 Å². The molecule has 0 radical (unpaired) electrons. The number of benzene rings is 1. The summed E-state index contributed by atoms with van der Waals surface area (Å²) in [6.07, 6.45) is 0. The maximum Gasteiger partial charge on any atom is 0.279 e. The van der Waals surface area contributed by atoms with Gasteiger partial charge in [0.15, 0.2) is 0 Å². The molecular weight excluding hydrogens is 266 g/mol. The van der Waals surface area contributed by atoms with E-state index in [0.29, 0.717) is 6.54 Å². The maximum atomic E-state index is 11.8. The monoisotopic (exact) mass is 285 g/mol. The first-order valence-corrected chi connectivity index (χ1v) is 7.22. The molecule has 106 valence electrons. The number of hydrogen-bond donors (Lipinski definition) is 1. The summed E-state index contributed by atoms with van der Waals surface area (Å²) in [4.78, 5) is 13.3. The van der Waals surface area contributed by atoms with Crippen molar-refractivity contribution in [1.82, 2.24) is 13.9 Å². The Hall–Kier alpha value is -1.44. The molecule has 1 aromatic carbocycles. The first-order chi connectivity index (χ1) is 8.83. The Morgan fingerprint density at radius 2 is 1.74 bits per heavy atom. The van der Waals surface area contributed by atoms with Crippen molar-refractivity contribution in [2.45, 2.75) is 6.54 Å². The summed E-state index contributed by atoms with van der Waals surface area (Å²) in [7, 11) is 0.881. The zero-order chi connectivity index (χ0) is 14.5. The summed E-state index contributed by atoms with van der Waals surface area (Å²) in [6.45, 7) is 0.202. The molecule has 0 aliphatic heterocycles. The van der Waals surface area contributed by atoms with E-state index in [1.807, 2.05) is 30.3 Å². The average Bonchev–Trinajstić information content (AvgIpc) is 2.37. The average molecular weight is 285 g/mol. The summed E-state index contributed by atoms with van der Waals surface area (Å²) < 4.78 is 26.2. The normalized spacial score (nSPS) is 11.6. The topological polar surface area (TPSA) is 69.7 Å². The third-order valence-electron chi connectivity index (χ3n) is 2.57. The first kappa shape index (κ1) is 15.6. The smallest absolute Gasteiger partial charge is 0.279 e. The Kier molecular flexibility index (Phi) is 5.46. The third kappa shape index (κ3) is 4.98. The molecule has 1 N–H and O–H groups in total. The Labute approximate surface area is 114 Å². The molecule has 0 atom stereocenters. The highest BCUT2D eigenvalue weighted by atomic mass is 32.2. The van der Waals surface area contributed by atoms with Crippen molar-refractivity contribution in [3.8, 4) is 0 Å². The van der Waals surface area contributed by atoms with Crippen molar-refractivity contribution in [2.24, 2.45) is 0 Å². The van der Waals surface area contributed by atoms with Gasteiger partial charge < -0.3 is 4.90 Å². The van der Waals surface area contributed by atoms with E-state index in [0.717, 1.165) is 9.87 Å². The molecule has 0 unspecified atom stereocenters. The number of nitrogens with zero attached hydrogens (tertiary/aromatic N) is 2. The van der Waals surface area contributed by atoms with E-state index in [1.165, 1.54) is 19.0 Å². The van der Waals surface area contributed by atoms with Gasteiger partial charge in [-0.15, -0.1) is 0 Å². The van der Waals surface area contributed by atoms with E-state index in [-0.39, 0.29) is 12.5 Å². The highest BCUT2D eigenvalue weighted by Crippen LogP contribution is 2.02. The van der Waals surface area contributed by atoms with Crippen LogP contribution in [0.2, 0.25) is 0 Å². The molecule has 0 aliphatic rings. The SMILES string of the molecule is CN(Cc1ccccc1)C(=O)CNS(=O)(=O)N(C)C. The molecule has 0 heterocycles. The fraction of sp³-hybridized carbons (Fsp3) is 0.417. The van der Waals surface area contributed by atoms with Gasteiger partial charge in [-0.05, 0) is 5.56 Å². The number of carbonyl (C=O) groups excluding carboxylic acids is 1. The molecule has 0 saturated carbocycles. The van der Waals surface area contributed by atoms with Gasteiger partial charge in [0, 0.05) is 27.7 Å². The van der Waals surface area contributed by atoms with Crippen LogP contribution in [-0.2, 0) is 21.5 Å². The van der Waals surface area contributed by atoms with Crippen LogP contribution in [0.1, 0.15) is 5.56 Å². The quantitative estimate of drug-likeness (QED) is 0.802. The van der Waals surface area contributed by atoms with Crippen LogP contribution in [0, 0.1) is 0 Å². The Bertz CT molecular complexity index is 514. The van der Waals surface area contributed by atoms with Gasteiger partial charge in [-0.1, -0.05) is 30.3 Å². The molecule has 6 nitrogen and oxygen atoms in total. The second-order valence-corrected chi connectivity index (χ2v) is 6.31. The molecule has 0 bridgehead atoms. The van der Waals surface area contributed by atoms with Crippen LogP contribution >= 0.6 is 0 Å². The molecule has 0 fully saturated rings. The van der Waals surface area contributed by atoms with Crippen molar-refractivity contribution >= 4 is 16.1 Å². The van der Waals surface area contributed by atoms with E-state index >= 15 is 0 Å². The molecule has 0 aromatic heterocycles. The van der Waals surface area contributed by atoms with Crippen LogP contribution in [-0.4, -0.2) is 51.2 Å². The summed E-state index contributed by atoms with van der Waals surface area (Å²) in [6, 6.07) is 9.50. The van der Waals surface area contributed by atoms with E-state index < -0.39 is 10.2 Å². The molecule has 19 heavy (non-hydrogen) atoms. The van der Waals surface area contributed by atoms with E-state index in [9.17, 15) is 13.2 Å². The van der Waals surface area contributed by atoms with Crippen LogP contribution in [0.5, 0.6) is 0 Å². The molecule has 1 aromatic rings. The zero-order valence-corrected chi connectivity index (χ0v) is 12.1. The lowest BCUT2D eigenvalue weighted by Crippen LogP contribution is -2.42. The van der Waals surface area contributed by atoms with E-state index in [2.05, 4.69) is 4.72 Å². The number of carbonyl (C=O) groups is 1. The zero-order valence-electron chi connectivity index (χ0n) is 11.3. The number of likely N-dealkylation sites (N-methyl/N-ethyl adjacent to an activating group) is 1. The fourth-order valence-electron chi connectivity index (χ4n) is 1.36. The number of rotatable bonds is 6. The van der Waals surface area contributed by atoms with Crippen molar-refractivity contribution < 1.29 is 13.2 Å². The van der Waals surface area contributed by atoms with Gasteiger partial charge in [0.25, 0.3) is 10.2 Å². The highest BCUT2D eigenvalue weighted by Gasteiger charge is 2.16. The summed E-state index contributed by atoms with van der Waals surface area (Å²) in [5.74, 6) is -0.283. The second-order valence-electron chi connectivity index (χ2n) is 4.34. The first-order valence-electron chi connectivity index (χ1n) is 5.78. The lowest BCUT2D eigenvalue weighted by molar-refractivity contribution is -0.129. The van der Waals surface area contributed by atoms with Crippen LogP contribution < -0.4 is 4.72 Å². The van der Waals surface area contributed by atoms with Gasteiger partial charge in [0.05, 0.1) is 6.54 Å². The van der Waals surface area contributed by atoms with Crippen molar-refractivity contribution in [1.29, 1.82) is 0 Å². The lowest BCUT2D eigenvalue weighted by atomic mass is 10.2. The molecule has 0 saturated heterocycles. The minimum absolute atomic E-state index is 0.246. The van der Waals surface area contributed by atoms with Gasteiger partial charge in [0.1, 0.15) is 0 Å². The number of amides is 1. The van der Waals surface area contributed by atoms with Crippen molar-refractivity contribution in [3.63, 3.8) is 0 Å². The van der Waals surface area contributed by atoms with Crippen molar-refractivity contribution in [2.75, 3.05) is 27.7 Å². The predicted molar refractivity (Wildman–Crippen MR) is 73.5 cm³/mol. The highest BCUT2D eigenvalue weighted by molar-refractivity contribution is 7.87. The number of hydrogen-bond acceptors (Lipinski definition) is 3. The largest absolute Gasteiger partial charge is 0.340 e. The van der Waals surface area contributed by atoms with Crippen LogP contribution in [0.3, 0.4) is 0 Å². The van der Waals surface area contributed by atoms with Crippen LogP contribution in [0.15, 0.2) is 30.3 Å². The summed E-state index contributed by atoms with van der Waals surface area (Å²) >= 11 is 0. The van der Waals surface area contributed by atoms with Crippen LogP contribution in [0.25, 0.3) is 0 Å². The molecule has 1 rings (SSSR count). The van der Waals surface area contributed by atoms with E-state index in [1.54, 1.807) is 7.05 Å². The summed E-state index contributed by atoms with van der Waals surface area (Å²) in [5.41, 5.74) is 0.994. The fourth-order valence-corrected chi connectivity index (χ4v) is 1.93. The summed E-state index contributed by atoms with van der Waals surface area (Å²) in [5, 5.41) is 0. The van der Waals surface area contributed by atoms with Crippen LogP contribution in [0.4, 0.5) is 0 Å². The Morgan fingerprint density at radius 3 is 2.26 bits per heavy atom. The minimum atomic E-state index is -3.56. The van der Waals surface area contributed by atoms with Gasteiger partial charge in [-0.3, -0.25) is 4.79 Å². The third-order valence-corrected chi connectivity index (χ3v) is 4.05. The number of nitrogens with one attached hydrogen (secondary N) is 1. The van der Waals surface area contributed by atoms with Gasteiger partial charge in [-0.25, -0.2) is 0 Å². The maximum absolute atomic E-state index is 11.8. The predicted octanol–water partition coefficient (Wildman–Crippen LogP) is 0.0410. The molecular formula is C12H19N3O3S.